The van der Waals surface area contributed by atoms with Gasteiger partial charge in [0.2, 0.25) is 0 Å². The molecule has 28 heavy (non-hydrogen) atoms. The maximum atomic E-state index is 3.87. The first-order valence-corrected chi connectivity index (χ1v) is 21.4. The summed E-state index contributed by atoms with van der Waals surface area (Å²) in [5, 5.41) is 2.31. The van der Waals surface area contributed by atoms with Crippen molar-refractivity contribution in [3.8, 4) is 0 Å². The van der Waals surface area contributed by atoms with Gasteiger partial charge in [-0.1, -0.05) is 99.9 Å². The SMILES string of the molecule is C=CC[Si](C)(C)CCC[SiH2]CCCBr.C=CC[Si](CC=C)(CC=C)CCCBr. The second-order valence-corrected chi connectivity index (χ2v) is 22.3. The third-order valence-electron chi connectivity index (χ3n) is 5.26. The standard InChI is InChI=1S/C12H21BrSi.C11H25BrSi2/c1-4-9-14(10-5-2,11-6-3)12-7-8-13;1-4-10-14(2,3)11-6-9-13-8-5-7-12/h4-6H,1-3,7-12H2;4H,1,5-11,13H2,2-3H3. The van der Waals surface area contributed by atoms with Crippen LogP contribution in [0.1, 0.15) is 19.3 Å². The maximum absolute atomic E-state index is 3.87. The lowest BCUT2D eigenvalue weighted by Crippen LogP contribution is -2.31. The topological polar surface area (TPSA) is 0 Å². The molecule has 0 rings (SSSR count). The number of rotatable bonds is 18. The van der Waals surface area contributed by atoms with Crippen LogP contribution in [0.15, 0.2) is 50.6 Å². The Morgan fingerprint density at radius 2 is 1.14 bits per heavy atom. The van der Waals surface area contributed by atoms with Crippen molar-refractivity contribution in [1.29, 1.82) is 0 Å². The summed E-state index contributed by atoms with van der Waals surface area (Å²) in [5.74, 6) is 0. The number of alkyl halides is 2. The smallest absolute Gasteiger partial charge is 0.0648 e. The molecule has 0 aromatic heterocycles. The molecule has 0 unspecified atom stereocenters. The van der Waals surface area contributed by atoms with E-state index in [1.165, 1.54) is 66.9 Å². The van der Waals surface area contributed by atoms with E-state index in [1.54, 1.807) is 6.04 Å². The zero-order valence-electron chi connectivity index (χ0n) is 18.8. The van der Waals surface area contributed by atoms with Crippen LogP contribution in [0.4, 0.5) is 0 Å². The largest absolute Gasteiger partial charge is 0.103 e. The van der Waals surface area contributed by atoms with Gasteiger partial charge < -0.3 is 0 Å². The van der Waals surface area contributed by atoms with E-state index < -0.39 is 16.1 Å². The Balaban J connectivity index is 0. The van der Waals surface area contributed by atoms with Crippen molar-refractivity contribution >= 4 is 57.5 Å². The molecule has 5 heteroatoms. The zero-order chi connectivity index (χ0) is 21.7. The molecule has 0 heterocycles. The normalized spacial score (nSPS) is 11.7. The van der Waals surface area contributed by atoms with Crippen molar-refractivity contribution in [1.82, 2.24) is 0 Å². The summed E-state index contributed by atoms with van der Waals surface area (Å²) in [6, 6.07) is 10.8. The lowest BCUT2D eigenvalue weighted by molar-refractivity contribution is 1.01. The minimum Gasteiger partial charge on any atom is -0.103 e. The summed E-state index contributed by atoms with van der Waals surface area (Å²) in [5.41, 5.74) is 0. The van der Waals surface area contributed by atoms with Crippen molar-refractivity contribution in [2.24, 2.45) is 0 Å². The molecule has 0 fully saturated rings. The van der Waals surface area contributed by atoms with Crippen molar-refractivity contribution < 1.29 is 0 Å². The van der Waals surface area contributed by atoms with Gasteiger partial charge in [-0.25, -0.2) is 0 Å². The number of halogens is 2. The molecule has 0 aliphatic heterocycles. The molecular weight excluding hydrogens is 520 g/mol. The van der Waals surface area contributed by atoms with Gasteiger partial charge in [-0.05, 0) is 37.0 Å². The monoisotopic (exact) mass is 564 g/mol. The first kappa shape index (κ1) is 30.8. The van der Waals surface area contributed by atoms with Crippen LogP contribution in [0.3, 0.4) is 0 Å². The van der Waals surface area contributed by atoms with E-state index in [0.29, 0.717) is 0 Å². The first-order chi connectivity index (χ1) is 13.4. The zero-order valence-corrected chi connectivity index (χ0v) is 25.4. The van der Waals surface area contributed by atoms with E-state index in [0.717, 1.165) is 5.33 Å². The third-order valence-corrected chi connectivity index (χ3v) is 16.4. The number of hydrogen-bond acceptors (Lipinski definition) is 0. The van der Waals surface area contributed by atoms with Gasteiger partial charge in [0.25, 0.3) is 0 Å². The lowest BCUT2D eigenvalue weighted by Gasteiger charge is -2.28. The lowest BCUT2D eigenvalue weighted by atomic mass is 10.6. The Morgan fingerprint density at radius 1 is 0.679 bits per heavy atom. The Labute approximate surface area is 198 Å². The van der Waals surface area contributed by atoms with E-state index in [1.807, 2.05) is 0 Å². The fourth-order valence-corrected chi connectivity index (χ4v) is 13.7. The number of allylic oxidation sites excluding steroid dienone is 4. The summed E-state index contributed by atoms with van der Waals surface area (Å²) in [4.78, 5) is 0. The van der Waals surface area contributed by atoms with Crippen LogP contribution in [0.5, 0.6) is 0 Å². The molecule has 0 N–H and O–H groups in total. The predicted octanol–water partition coefficient (Wildman–Crippen LogP) is 8.84. The minimum absolute atomic E-state index is 0.284. The fourth-order valence-electron chi connectivity index (χ4n) is 3.64. The van der Waals surface area contributed by atoms with Crippen LogP contribution in [0.25, 0.3) is 0 Å². The van der Waals surface area contributed by atoms with E-state index in [2.05, 4.69) is 95.6 Å². The molecule has 0 bridgehead atoms. The average Bonchev–Trinajstić information content (AvgIpc) is 2.64. The second-order valence-electron chi connectivity index (χ2n) is 8.63. The maximum Gasteiger partial charge on any atom is 0.0648 e. The molecule has 0 radical (unpaired) electrons. The molecule has 0 aliphatic carbocycles. The molecular formula is C23H46Br2Si3. The third kappa shape index (κ3) is 18.6. The predicted molar refractivity (Wildman–Crippen MR) is 152 cm³/mol. The van der Waals surface area contributed by atoms with Crippen molar-refractivity contribution in [2.75, 3.05) is 10.7 Å². The van der Waals surface area contributed by atoms with E-state index in [9.17, 15) is 0 Å². The highest BCUT2D eigenvalue weighted by molar-refractivity contribution is 9.09. The van der Waals surface area contributed by atoms with Crippen LogP contribution in [0.2, 0.25) is 61.4 Å². The van der Waals surface area contributed by atoms with Crippen LogP contribution in [-0.4, -0.2) is 36.3 Å². The highest BCUT2D eigenvalue weighted by Crippen LogP contribution is 2.29. The van der Waals surface area contributed by atoms with Gasteiger partial charge >= 0.3 is 0 Å². The summed E-state index contributed by atoms with van der Waals surface area (Å²) >= 11 is 6.99. The van der Waals surface area contributed by atoms with Gasteiger partial charge in [0.15, 0.2) is 0 Å². The Kier molecular flexibility index (Phi) is 22.9. The van der Waals surface area contributed by atoms with Crippen LogP contribution >= 0.6 is 31.9 Å². The molecule has 0 aromatic carbocycles. The first-order valence-electron chi connectivity index (χ1n) is 10.9. The van der Waals surface area contributed by atoms with Gasteiger partial charge in [-0.15, -0.1) is 26.3 Å². The van der Waals surface area contributed by atoms with E-state index >= 15 is 0 Å². The molecule has 0 saturated heterocycles. The summed E-state index contributed by atoms with van der Waals surface area (Å²) < 4.78 is 0. The minimum atomic E-state index is -1.20. The van der Waals surface area contributed by atoms with Gasteiger partial charge in [0, 0.05) is 20.2 Å². The Morgan fingerprint density at radius 3 is 1.57 bits per heavy atom. The molecule has 0 spiro atoms. The Bertz CT molecular complexity index is 382. The van der Waals surface area contributed by atoms with Crippen molar-refractivity contribution in [3.05, 3.63) is 50.6 Å². The van der Waals surface area contributed by atoms with Crippen LogP contribution in [0, 0.1) is 0 Å². The summed E-state index contributed by atoms with van der Waals surface area (Å²) in [7, 11) is -1.79. The van der Waals surface area contributed by atoms with Gasteiger partial charge in [-0.3, -0.25) is 0 Å². The quantitative estimate of drug-likeness (QED) is 0.0673. The van der Waals surface area contributed by atoms with Gasteiger partial charge in [-0.2, -0.15) is 0 Å². The van der Waals surface area contributed by atoms with Crippen molar-refractivity contribution in [2.45, 2.75) is 80.7 Å². The van der Waals surface area contributed by atoms with Crippen LogP contribution < -0.4 is 0 Å². The van der Waals surface area contributed by atoms with E-state index in [4.69, 9.17) is 0 Å². The van der Waals surface area contributed by atoms with Crippen molar-refractivity contribution in [3.63, 3.8) is 0 Å². The average molecular weight is 567 g/mol. The molecule has 0 amide bonds. The molecule has 0 atom stereocenters. The van der Waals surface area contributed by atoms with Gasteiger partial charge in [0.1, 0.15) is 0 Å². The highest BCUT2D eigenvalue weighted by Gasteiger charge is 2.27. The summed E-state index contributed by atoms with van der Waals surface area (Å²) in [6.45, 7) is 20.5. The molecule has 0 saturated carbocycles. The molecule has 0 aliphatic rings. The second kappa shape index (κ2) is 20.8. The summed E-state index contributed by atoms with van der Waals surface area (Å²) in [6.07, 6.45) is 12.5. The molecule has 164 valence electrons. The number of hydrogen-bond donors (Lipinski definition) is 0. The Hall–Kier alpha value is 0.571. The fraction of sp³-hybridized carbons (Fsp3) is 0.652. The highest BCUT2D eigenvalue weighted by atomic mass is 79.9. The molecule has 0 aromatic rings. The molecule has 0 nitrogen and oxygen atoms in total. The van der Waals surface area contributed by atoms with Gasteiger partial charge in [0.05, 0.1) is 16.1 Å². The van der Waals surface area contributed by atoms with E-state index in [-0.39, 0.29) is 9.52 Å². The van der Waals surface area contributed by atoms with Crippen LogP contribution in [-0.2, 0) is 0 Å².